The minimum Gasteiger partial charge on any atom is -0.494 e. The average molecular weight is 282 g/mol. The summed E-state index contributed by atoms with van der Waals surface area (Å²) in [5.74, 6) is 0.744. The molecule has 1 N–H and O–H groups in total. The molecule has 0 aliphatic carbocycles. The lowest BCUT2D eigenvalue weighted by Crippen LogP contribution is -1.99. The number of benzene rings is 2. The van der Waals surface area contributed by atoms with Gasteiger partial charge in [-0.05, 0) is 23.8 Å². The van der Waals surface area contributed by atoms with E-state index < -0.39 is 0 Å². The minimum absolute atomic E-state index is 0.0149. The highest BCUT2D eigenvalue weighted by molar-refractivity contribution is 6.06. The van der Waals surface area contributed by atoms with E-state index in [1.54, 1.807) is 24.3 Å². The van der Waals surface area contributed by atoms with Gasteiger partial charge in [0.05, 0.1) is 6.61 Å². The first-order valence-corrected chi connectivity index (χ1v) is 6.91. The van der Waals surface area contributed by atoms with Gasteiger partial charge in [0.25, 0.3) is 0 Å². The maximum Gasteiger partial charge on any atom is 0.185 e. The fourth-order valence-electron chi connectivity index (χ4n) is 1.80. The van der Waals surface area contributed by atoms with Gasteiger partial charge in [-0.1, -0.05) is 48.5 Å². The highest BCUT2D eigenvalue weighted by atomic mass is 16.5. The zero-order chi connectivity index (χ0) is 14.9. The van der Waals surface area contributed by atoms with Gasteiger partial charge in [0, 0.05) is 18.6 Å². The Morgan fingerprint density at radius 1 is 1.05 bits per heavy atom. The molecule has 3 nitrogen and oxygen atoms in total. The lowest BCUT2D eigenvalue weighted by atomic mass is 10.1. The molecular formula is C18H18O3. The Morgan fingerprint density at radius 3 is 2.43 bits per heavy atom. The number of ether oxygens (including phenoxy) is 1. The monoisotopic (exact) mass is 282 g/mol. The molecule has 21 heavy (non-hydrogen) atoms. The molecule has 0 saturated carbocycles. The second-order valence-electron chi connectivity index (χ2n) is 4.56. The summed E-state index contributed by atoms with van der Waals surface area (Å²) in [5, 5.41) is 8.68. The fourth-order valence-corrected chi connectivity index (χ4v) is 1.80. The second kappa shape index (κ2) is 8.02. The third-order valence-electron chi connectivity index (χ3n) is 2.94. The molecule has 0 heterocycles. The molecule has 0 spiro atoms. The molecule has 0 fully saturated rings. The highest BCUT2D eigenvalue weighted by Gasteiger charge is 1.99. The van der Waals surface area contributed by atoms with E-state index in [1.807, 2.05) is 42.5 Å². The number of carbonyl (C=O) groups excluding carboxylic acids is 1. The Labute approximate surface area is 124 Å². The smallest absolute Gasteiger partial charge is 0.185 e. The Balaban J connectivity index is 1.93. The van der Waals surface area contributed by atoms with Crippen molar-refractivity contribution in [1.29, 1.82) is 0 Å². The summed E-state index contributed by atoms with van der Waals surface area (Å²) in [6, 6.07) is 16.7. The number of aliphatic hydroxyl groups excluding tert-OH is 1. The summed E-state index contributed by atoms with van der Waals surface area (Å²) < 4.78 is 5.45. The maximum absolute atomic E-state index is 11.9. The molecule has 0 unspecified atom stereocenters. The van der Waals surface area contributed by atoms with Crippen molar-refractivity contribution in [1.82, 2.24) is 0 Å². The van der Waals surface area contributed by atoms with Gasteiger partial charge in [0.15, 0.2) is 5.78 Å². The van der Waals surface area contributed by atoms with Gasteiger partial charge in [0.1, 0.15) is 5.75 Å². The van der Waals surface area contributed by atoms with Gasteiger partial charge in [-0.2, -0.15) is 0 Å². The van der Waals surface area contributed by atoms with Crippen LogP contribution in [0.3, 0.4) is 0 Å². The number of ketones is 1. The van der Waals surface area contributed by atoms with Crippen LogP contribution in [0.4, 0.5) is 0 Å². The van der Waals surface area contributed by atoms with E-state index in [0.717, 1.165) is 11.3 Å². The zero-order valence-electron chi connectivity index (χ0n) is 11.7. The van der Waals surface area contributed by atoms with Crippen molar-refractivity contribution in [2.45, 2.75) is 6.42 Å². The van der Waals surface area contributed by atoms with Crippen LogP contribution < -0.4 is 4.74 Å². The summed E-state index contributed by atoms with van der Waals surface area (Å²) in [4.78, 5) is 11.9. The first-order chi connectivity index (χ1) is 10.3. The summed E-state index contributed by atoms with van der Waals surface area (Å²) in [6.07, 6.45) is 3.97. The van der Waals surface area contributed by atoms with Crippen molar-refractivity contribution in [3.8, 4) is 5.75 Å². The van der Waals surface area contributed by atoms with Crippen molar-refractivity contribution in [3.63, 3.8) is 0 Å². The van der Waals surface area contributed by atoms with Gasteiger partial charge in [-0.15, -0.1) is 0 Å². The van der Waals surface area contributed by atoms with Crippen LogP contribution in [0.2, 0.25) is 0 Å². The number of hydrogen-bond acceptors (Lipinski definition) is 3. The molecule has 0 aliphatic heterocycles. The van der Waals surface area contributed by atoms with Crippen LogP contribution in [0.1, 0.15) is 22.3 Å². The van der Waals surface area contributed by atoms with E-state index in [4.69, 9.17) is 9.84 Å². The Bertz CT molecular complexity index is 586. The van der Waals surface area contributed by atoms with E-state index >= 15 is 0 Å². The van der Waals surface area contributed by atoms with E-state index in [2.05, 4.69) is 0 Å². The van der Waals surface area contributed by atoms with Crippen LogP contribution in [0.5, 0.6) is 5.75 Å². The van der Waals surface area contributed by atoms with E-state index in [-0.39, 0.29) is 12.4 Å². The first kappa shape index (κ1) is 15.0. The van der Waals surface area contributed by atoms with Crippen LogP contribution in [0, 0.1) is 0 Å². The third kappa shape index (κ3) is 4.89. The van der Waals surface area contributed by atoms with Crippen LogP contribution >= 0.6 is 0 Å². The van der Waals surface area contributed by atoms with E-state index in [9.17, 15) is 4.79 Å². The van der Waals surface area contributed by atoms with Gasteiger partial charge in [0.2, 0.25) is 0 Å². The van der Waals surface area contributed by atoms with Gasteiger partial charge < -0.3 is 9.84 Å². The predicted octanol–water partition coefficient (Wildman–Crippen LogP) is 3.34. The standard InChI is InChI=1S/C18H18O3/c19-13-4-14-21-17-10-7-15(8-11-17)9-12-18(20)16-5-2-1-3-6-16/h1-3,5-12,19H,4,13-14H2/b12-9+. The molecule has 0 saturated heterocycles. The summed E-state index contributed by atoms with van der Waals surface area (Å²) >= 11 is 0. The van der Waals surface area contributed by atoms with E-state index in [1.165, 1.54) is 0 Å². The molecule has 2 aromatic rings. The van der Waals surface area contributed by atoms with Crippen molar-refractivity contribution in [3.05, 3.63) is 71.8 Å². The van der Waals surface area contributed by atoms with Crippen LogP contribution in [-0.2, 0) is 0 Å². The second-order valence-corrected chi connectivity index (χ2v) is 4.56. The summed E-state index contributed by atoms with van der Waals surface area (Å²) in [5.41, 5.74) is 1.62. The van der Waals surface area contributed by atoms with Crippen LogP contribution in [0.15, 0.2) is 60.7 Å². The number of carbonyl (C=O) groups is 1. The molecule has 0 atom stereocenters. The molecule has 0 radical (unpaired) electrons. The average Bonchev–Trinajstić information content (AvgIpc) is 2.55. The topological polar surface area (TPSA) is 46.5 Å². The molecule has 2 aromatic carbocycles. The normalized spacial score (nSPS) is 10.7. The third-order valence-corrected chi connectivity index (χ3v) is 2.94. The lowest BCUT2D eigenvalue weighted by Gasteiger charge is -2.04. The fraction of sp³-hybridized carbons (Fsp3) is 0.167. The zero-order valence-corrected chi connectivity index (χ0v) is 11.7. The summed E-state index contributed by atoms with van der Waals surface area (Å²) in [6.45, 7) is 0.626. The minimum atomic E-state index is -0.0149. The quantitative estimate of drug-likeness (QED) is 0.481. The number of rotatable bonds is 7. The number of hydrogen-bond donors (Lipinski definition) is 1. The van der Waals surface area contributed by atoms with Crippen LogP contribution in [-0.4, -0.2) is 24.1 Å². The number of aliphatic hydroxyl groups is 1. The highest BCUT2D eigenvalue weighted by Crippen LogP contribution is 2.14. The molecule has 0 amide bonds. The SMILES string of the molecule is O=C(/C=C/c1ccc(OCCCO)cc1)c1ccccc1. The molecule has 2 rings (SSSR count). The van der Waals surface area contributed by atoms with Crippen LogP contribution in [0.25, 0.3) is 6.08 Å². The van der Waals surface area contributed by atoms with Gasteiger partial charge in [-0.25, -0.2) is 0 Å². The van der Waals surface area contributed by atoms with Crippen molar-refractivity contribution in [2.75, 3.05) is 13.2 Å². The largest absolute Gasteiger partial charge is 0.494 e. The van der Waals surface area contributed by atoms with Crippen molar-refractivity contribution in [2.24, 2.45) is 0 Å². The molecule has 0 aliphatic rings. The van der Waals surface area contributed by atoms with Gasteiger partial charge in [-0.3, -0.25) is 4.79 Å². The van der Waals surface area contributed by atoms with Crippen molar-refractivity contribution < 1.29 is 14.6 Å². The molecule has 108 valence electrons. The Kier molecular flexibility index (Phi) is 5.73. The van der Waals surface area contributed by atoms with E-state index in [0.29, 0.717) is 18.6 Å². The lowest BCUT2D eigenvalue weighted by molar-refractivity contribution is 0.104. The molecular weight excluding hydrogens is 264 g/mol. The molecule has 0 bridgehead atoms. The Morgan fingerprint density at radius 2 is 1.76 bits per heavy atom. The van der Waals surface area contributed by atoms with Gasteiger partial charge >= 0.3 is 0 Å². The Hall–Kier alpha value is -2.39. The predicted molar refractivity (Wildman–Crippen MR) is 83.4 cm³/mol. The van der Waals surface area contributed by atoms with Crippen molar-refractivity contribution >= 4 is 11.9 Å². The summed E-state index contributed by atoms with van der Waals surface area (Å²) in [7, 11) is 0. The molecule has 0 aromatic heterocycles. The molecule has 3 heteroatoms. The number of allylic oxidation sites excluding steroid dienone is 1. The first-order valence-electron chi connectivity index (χ1n) is 6.91. The maximum atomic E-state index is 11.9.